The average molecular weight is 969 g/mol. The number of aliphatic hydroxyl groups is 1. The van der Waals surface area contributed by atoms with Crippen LogP contribution in [0.25, 0.3) is 0 Å². The van der Waals surface area contributed by atoms with Gasteiger partial charge in [-0.25, -0.2) is 8.78 Å². The second-order valence-electron chi connectivity index (χ2n) is 22.6. The smallest absolute Gasteiger partial charge is 0.388 e. The molecule has 378 valence electrons. The van der Waals surface area contributed by atoms with Gasteiger partial charge in [0, 0.05) is 52.1 Å². The maximum absolute atomic E-state index is 16.5. The van der Waals surface area contributed by atoms with Crippen LogP contribution in [0.2, 0.25) is 0 Å². The zero-order valence-electron chi connectivity index (χ0n) is 41.9. The van der Waals surface area contributed by atoms with E-state index in [4.69, 9.17) is 14.7 Å². The Morgan fingerprint density at radius 1 is 0.551 bits per heavy atom. The molecule has 1 N–H and O–H groups in total. The molecule has 0 spiro atoms. The summed E-state index contributed by atoms with van der Waals surface area (Å²) < 4.78 is 118. The van der Waals surface area contributed by atoms with Crippen molar-refractivity contribution in [3.05, 3.63) is 127 Å². The third-order valence-corrected chi connectivity index (χ3v) is 15.2. The van der Waals surface area contributed by atoms with E-state index < -0.39 is 41.9 Å². The lowest BCUT2D eigenvalue weighted by Crippen LogP contribution is -2.31. The van der Waals surface area contributed by atoms with E-state index in [9.17, 15) is 31.4 Å². The highest BCUT2D eigenvalue weighted by Gasteiger charge is 2.43. The van der Waals surface area contributed by atoms with Crippen molar-refractivity contribution in [3.8, 4) is 0 Å². The number of methoxy groups -OCH3 is 1. The first-order valence-electron chi connectivity index (χ1n) is 25.3. The number of ether oxygens (including phenoxy) is 1. The molecular formula is C57H72F8N2O2. The van der Waals surface area contributed by atoms with Crippen LogP contribution >= 0.6 is 0 Å². The zero-order valence-corrected chi connectivity index (χ0v) is 41.9. The van der Waals surface area contributed by atoms with Gasteiger partial charge in [0.1, 0.15) is 0 Å². The van der Waals surface area contributed by atoms with Gasteiger partial charge in [0.05, 0.1) is 23.3 Å². The molecule has 2 heterocycles. The number of alkyl halides is 8. The molecule has 2 saturated carbocycles. The summed E-state index contributed by atoms with van der Waals surface area (Å²) in [6.45, 7) is 16.7. The SMILES string of the molecule is CC(C)c1nc2c(c(C3CCCCC3)c1[C@@H](F)c1ccc(C(F)(F)F)cc1)[C@@H](O)CC(C)(C)C2.CO[C@H]1CC(C)(C)Cc2nc(C(C)C)c([C@@H](F)c3ccc(C(F)(F)F)cc3)c(C3CCCCC3)c21. The largest absolute Gasteiger partial charge is 0.416 e. The minimum absolute atomic E-state index is 0.0167. The van der Waals surface area contributed by atoms with E-state index in [2.05, 4.69) is 27.7 Å². The third kappa shape index (κ3) is 11.6. The topological polar surface area (TPSA) is 55.2 Å². The lowest BCUT2D eigenvalue weighted by atomic mass is 9.69. The molecule has 4 nitrogen and oxygen atoms in total. The van der Waals surface area contributed by atoms with Gasteiger partial charge in [-0.1, -0.05) is 118 Å². The highest BCUT2D eigenvalue weighted by atomic mass is 19.4. The molecule has 0 saturated heterocycles. The molecule has 4 aliphatic rings. The van der Waals surface area contributed by atoms with Crippen molar-refractivity contribution in [3.63, 3.8) is 0 Å². The second-order valence-corrected chi connectivity index (χ2v) is 22.6. The monoisotopic (exact) mass is 969 g/mol. The van der Waals surface area contributed by atoms with Gasteiger partial charge in [-0.05, 0) is 132 Å². The van der Waals surface area contributed by atoms with Gasteiger partial charge in [-0.15, -0.1) is 0 Å². The van der Waals surface area contributed by atoms with Crippen molar-refractivity contribution in [2.24, 2.45) is 10.8 Å². The molecule has 0 amide bonds. The van der Waals surface area contributed by atoms with E-state index in [0.717, 1.165) is 141 Å². The van der Waals surface area contributed by atoms with Crippen molar-refractivity contribution in [1.29, 1.82) is 0 Å². The Morgan fingerprint density at radius 2 is 0.913 bits per heavy atom. The molecule has 4 aliphatic carbocycles. The van der Waals surface area contributed by atoms with Crippen LogP contribution in [-0.2, 0) is 29.9 Å². The lowest BCUT2D eigenvalue weighted by Gasteiger charge is -2.40. The maximum atomic E-state index is 16.5. The first kappa shape index (κ1) is 52.9. The summed E-state index contributed by atoms with van der Waals surface area (Å²) in [4.78, 5) is 10.0. The van der Waals surface area contributed by atoms with E-state index in [1.54, 1.807) is 7.11 Å². The van der Waals surface area contributed by atoms with Gasteiger partial charge in [-0.3, -0.25) is 9.97 Å². The van der Waals surface area contributed by atoms with Crippen molar-refractivity contribution in [1.82, 2.24) is 9.97 Å². The van der Waals surface area contributed by atoms with E-state index in [-0.39, 0.29) is 51.7 Å². The summed E-state index contributed by atoms with van der Waals surface area (Å²) >= 11 is 0. The molecule has 8 rings (SSSR count). The second kappa shape index (κ2) is 20.7. The summed E-state index contributed by atoms with van der Waals surface area (Å²) in [7, 11) is 1.71. The molecular weight excluding hydrogens is 897 g/mol. The molecule has 0 bridgehead atoms. The highest BCUT2D eigenvalue weighted by Crippen LogP contribution is 2.53. The van der Waals surface area contributed by atoms with Crippen molar-refractivity contribution >= 4 is 0 Å². The molecule has 69 heavy (non-hydrogen) atoms. The molecule has 0 unspecified atom stereocenters. The standard InChI is InChI=1S/C29H37F4NO.C28H35F4NO/c1-17(2)27-25(26(30)19-11-13-20(14-12-19)29(31,32)33)23(18-9-7-6-8-10-18)24-21(34-27)15-28(3,4)16-22(24)35-5;1-16(2)26-24(25(29)18-10-12-19(13-11-18)28(30,31)32)22(17-8-6-5-7-9-17)23-20(33-26)14-27(3,4)15-21(23)34/h11-14,17-18,22,26H,6-10,15-16H2,1-5H3;10-13,16-17,21,25,34H,5-9,14-15H2,1-4H3/t22-,26-;21-,25-/m00/s1. The quantitative estimate of drug-likeness (QED) is 0.170. The van der Waals surface area contributed by atoms with Crippen LogP contribution < -0.4 is 0 Å². The zero-order chi connectivity index (χ0) is 50.4. The van der Waals surface area contributed by atoms with Gasteiger partial charge < -0.3 is 9.84 Å². The van der Waals surface area contributed by atoms with Gasteiger partial charge in [0.15, 0.2) is 12.3 Å². The number of fused-ring (bicyclic) bond motifs is 2. The Labute approximate surface area is 404 Å². The van der Waals surface area contributed by atoms with Crippen molar-refractivity contribution in [2.75, 3.05) is 7.11 Å². The van der Waals surface area contributed by atoms with Crippen LogP contribution in [0.1, 0.15) is 259 Å². The molecule has 2 aromatic heterocycles. The Hall–Kier alpha value is -3.90. The number of halogens is 8. The van der Waals surface area contributed by atoms with Gasteiger partial charge >= 0.3 is 12.4 Å². The predicted octanol–water partition coefficient (Wildman–Crippen LogP) is 17.3. The van der Waals surface area contributed by atoms with E-state index in [1.807, 2.05) is 27.7 Å². The number of hydrogen-bond acceptors (Lipinski definition) is 4. The van der Waals surface area contributed by atoms with Crippen LogP contribution in [0.3, 0.4) is 0 Å². The van der Waals surface area contributed by atoms with Crippen LogP contribution in [0.4, 0.5) is 35.1 Å². The van der Waals surface area contributed by atoms with Crippen LogP contribution in [0.5, 0.6) is 0 Å². The summed E-state index contributed by atoms with van der Waals surface area (Å²) in [5.74, 6) is 0.259. The van der Waals surface area contributed by atoms with Gasteiger partial charge in [0.25, 0.3) is 0 Å². The highest BCUT2D eigenvalue weighted by molar-refractivity contribution is 5.52. The Morgan fingerprint density at radius 3 is 1.28 bits per heavy atom. The lowest BCUT2D eigenvalue weighted by molar-refractivity contribution is -0.138. The summed E-state index contributed by atoms with van der Waals surface area (Å²) in [5, 5.41) is 11.3. The fraction of sp³-hybridized carbons (Fsp3) is 0.614. The van der Waals surface area contributed by atoms with Crippen LogP contribution in [0.15, 0.2) is 48.5 Å². The fourth-order valence-electron chi connectivity index (χ4n) is 12.0. The van der Waals surface area contributed by atoms with Gasteiger partial charge in [0.2, 0.25) is 0 Å². The normalized spacial score (nSPS) is 21.9. The molecule has 0 aliphatic heterocycles. The maximum Gasteiger partial charge on any atom is 0.416 e. The van der Waals surface area contributed by atoms with E-state index in [1.165, 1.54) is 30.7 Å². The molecule has 12 heteroatoms. The third-order valence-electron chi connectivity index (χ3n) is 15.2. The number of hydrogen-bond donors (Lipinski definition) is 1. The van der Waals surface area contributed by atoms with E-state index >= 15 is 8.78 Å². The number of nitrogens with zero attached hydrogens (tertiary/aromatic N) is 2. The van der Waals surface area contributed by atoms with Crippen molar-refractivity contribution < 1.29 is 45.0 Å². The predicted molar refractivity (Wildman–Crippen MR) is 256 cm³/mol. The number of benzene rings is 2. The minimum Gasteiger partial charge on any atom is -0.388 e. The average Bonchev–Trinajstić information content (AvgIpc) is 3.29. The Kier molecular flexibility index (Phi) is 15.9. The molecule has 4 atom stereocenters. The number of aromatic nitrogens is 2. The Bertz CT molecular complexity index is 2390. The van der Waals surface area contributed by atoms with E-state index in [0.29, 0.717) is 23.2 Å². The summed E-state index contributed by atoms with van der Waals surface area (Å²) in [6.07, 6.45) is 0.426. The molecule has 4 aromatic rings. The summed E-state index contributed by atoms with van der Waals surface area (Å²) in [5.41, 5.74) is 6.78. The Balaban J connectivity index is 0.000000204. The van der Waals surface area contributed by atoms with Crippen LogP contribution in [-0.4, -0.2) is 22.2 Å². The fourth-order valence-corrected chi connectivity index (χ4v) is 12.0. The summed E-state index contributed by atoms with van der Waals surface area (Å²) in [6, 6.07) is 8.87. The molecule has 0 radical (unpaired) electrons. The molecule has 2 aromatic carbocycles. The van der Waals surface area contributed by atoms with Crippen molar-refractivity contribution in [2.45, 2.75) is 206 Å². The molecule has 2 fully saturated rings. The minimum atomic E-state index is -4.47. The number of pyridine rings is 2. The first-order valence-corrected chi connectivity index (χ1v) is 25.3. The first-order chi connectivity index (χ1) is 32.3. The van der Waals surface area contributed by atoms with Gasteiger partial charge in [-0.2, -0.15) is 26.3 Å². The van der Waals surface area contributed by atoms with Crippen LogP contribution in [0, 0.1) is 10.8 Å². The number of aliphatic hydroxyl groups excluding tert-OH is 1. The number of rotatable bonds is 9.